The van der Waals surface area contributed by atoms with Crippen LogP contribution in [0.2, 0.25) is 0 Å². The highest BCUT2D eigenvalue weighted by atomic mass is 35.5. The molecular formula is C28H60ClN3O4. The van der Waals surface area contributed by atoms with Gasteiger partial charge in [-0.15, -0.1) is 0 Å². The second-order valence-corrected chi connectivity index (χ2v) is 9.55. The number of carbonyl (C=O) groups excluding carboxylic acids is 2. The first-order valence-corrected chi connectivity index (χ1v) is 14.4. The Bertz CT molecular complexity index is 466. The number of likely N-dealkylation sites (tertiary alicyclic amines) is 1. The first kappa shape index (κ1) is 39.6. The van der Waals surface area contributed by atoms with Gasteiger partial charge in [0.05, 0.1) is 14.2 Å². The van der Waals surface area contributed by atoms with Crippen LogP contribution in [-0.4, -0.2) is 51.1 Å². The number of hydrogen-bond donors (Lipinski definition) is 2. The molecule has 1 rings (SSSR count). The molecule has 0 aromatic heterocycles. The maximum absolute atomic E-state index is 10.9. The van der Waals surface area contributed by atoms with Crippen LogP contribution in [0.15, 0.2) is 0 Å². The van der Waals surface area contributed by atoms with E-state index in [4.69, 9.17) is 5.73 Å². The second-order valence-electron chi connectivity index (χ2n) is 9.55. The number of nitrogens with zero attached hydrogens (tertiary/aromatic N) is 1. The van der Waals surface area contributed by atoms with Crippen molar-refractivity contribution < 1.29 is 36.9 Å². The molecule has 8 heteroatoms. The van der Waals surface area contributed by atoms with Crippen molar-refractivity contribution >= 4 is 11.8 Å². The molecule has 2 amide bonds. The molecule has 0 spiro atoms. The number of nitrogens with one attached hydrogen (secondary N) is 1. The summed E-state index contributed by atoms with van der Waals surface area (Å²) in [6.45, 7) is 6.33. The van der Waals surface area contributed by atoms with Crippen molar-refractivity contribution in [2.45, 2.75) is 136 Å². The van der Waals surface area contributed by atoms with Gasteiger partial charge in [0.25, 0.3) is 0 Å². The average molecular weight is 538 g/mol. The molecule has 1 saturated heterocycles. The summed E-state index contributed by atoms with van der Waals surface area (Å²) in [4.78, 5) is 32.6. The van der Waals surface area contributed by atoms with Gasteiger partial charge >= 0.3 is 0 Å². The topological polar surface area (TPSA) is 86.3 Å². The summed E-state index contributed by atoms with van der Waals surface area (Å²) >= 11 is 0. The maximum Gasteiger partial charge on any atom is 0.222 e. The summed E-state index contributed by atoms with van der Waals surface area (Å²) in [6, 6.07) is 0. The lowest BCUT2D eigenvalue weighted by Crippen LogP contribution is -3.06. The zero-order chi connectivity index (χ0) is 26.6. The quantitative estimate of drug-likeness (QED) is 0.184. The Morgan fingerprint density at radius 1 is 0.806 bits per heavy atom. The minimum absolute atomic E-state index is 0. The number of rotatable bonds is 20. The molecule has 1 aliphatic heterocycles. The van der Waals surface area contributed by atoms with Gasteiger partial charge in [-0.1, -0.05) is 109 Å². The Hall–Kier alpha value is -0.890. The van der Waals surface area contributed by atoms with E-state index >= 15 is 0 Å². The minimum atomic E-state index is -0.153. The average Bonchev–Trinajstić information content (AvgIpc) is 3.26. The number of quaternary nitrogens is 1. The molecule has 0 aromatic rings. The number of unbranched alkanes of at least 4 members (excludes halogenated alkanes) is 14. The van der Waals surface area contributed by atoms with Crippen LogP contribution in [-0.2, 0) is 19.3 Å². The Kier molecular flexibility index (Phi) is 35.4. The predicted octanol–water partition coefficient (Wildman–Crippen LogP) is 2.38. The summed E-state index contributed by atoms with van der Waals surface area (Å²) in [7, 11) is 4.89. The molecule has 1 aliphatic rings. The van der Waals surface area contributed by atoms with Crippen LogP contribution in [0.4, 0.5) is 0 Å². The fourth-order valence-electron chi connectivity index (χ4n) is 3.96. The SMILES string of the molecule is CCCCCCCCCCCCCCCCCC(N)=O.CCCN1CCCC1=O.CO[NH+](C)OC.[Cl-]. The molecule has 0 aliphatic carbocycles. The highest BCUT2D eigenvalue weighted by Crippen LogP contribution is 2.13. The Labute approximate surface area is 229 Å². The lowest BCUT2D eigenvalue weighted by Gasteiger charge is -2.12. The van der Waals surface area contributed by atoms with Crippen molar-refractivity contribution in [1.82, 2.24) is 4.90 Å². The number of amides is 2. The zero-order valence-electron chi connectivity index (χ0n) is 24.4. The summed E-state index contributed by atoms with van der Waals surface area (Å²) in [5.41, 5.74) is 5.11. The Morgan fingerprint density at radius 3 is 1.50 bits per heavy atom. The lowest BCUT2D eigenvalue weighted by atomic mass is 10.0. The van der Waals surface area contributed by atoms with Crippen molar-refractivity contribution in [2.75, 3.05) is 34.4 Å². The highest BCUT2D eigenvalue weighted by Gasteiger charge is 2.17. The van der Waals surface area contributed by atoms with Gasteiger partial charge in [0, 0.05) is 25.9 Å². The third-order valence-corrected chi connectivity index (χ3v) is 6.27. The van der Waals surface area contributed by atoms with Crippen LogP contribution in [0.25, 0.3) is 0 Å². The van der Waals surface area contributed by atoms with E-state index in [0.717, 1.165) is 38.8 Å². The van der Waals surface area contributed by atoms with Crippen molar-refractivity contribution in [3.8, 4) is 0 Å². The van der Waals surface area contributed by atoms with E-state index in [1.807, 2.05) is 4.90 Å². The predicted molar refractivity (Wildman–Crippen MR) is 146 cm³/mol. The summed E-state index contributed by atoms with van der Waals surface area (Å²) in [5, 5.41) is 0.593. The van der Waals surface area contributed by atoms with E-state index in [0.29, 0.717) is 17.6 Å². The molecule has 0 radical (unpaired) electrons. The molecule has 0 unspecified atom stereocenters. The third-order valence-electron chi connectivity index (χ3n) is 6.27. The monoisotopic (exact) mass is 537 g/mol. The zero-order valence-corrected chi connectivity index (χ0v) is 25.1. The van der Waals surface area contributed by atoms with E-state index in [1.54, 1.807) is 21.3 Å². The standard InChI is InChI=1S/C18H37NO.C7H13NO.C3H9NO2.ClH/c1-2-3-4-5-6-7-8-9-10-11-12-13-14-15-16-17-18(19)20;1-2-5-8-6-3-4-7(8)9;1-4(5-2)6-3;/h2-17H2,1H3,(H2,19,20);2-6H2,1H3;1-3H3;1H. The molecule has 0 saturated carbocycles. The number of nitrogens with two attached hydrogens (primary N) is 1. The third kappa shape index (κ3) is 31.1. The Morgan fingerprint density at radius 2 is 1.22 bits per heavy atom. The number of carbonyl (C=O) groups is 2. The summed E-state index contributed by atoms with van der Waals surface area (Å²) in [6.07, 6.45) is 23.8. The fourth-order valence-corrected chi connectivity index (χ4v) is 3.96. The highest BCUT2D eigenvalue weighted by molar-refractivity contribution is 5.77. The van der Waals surface area contributed by atoms with E-state index < -0.39 is 0 Å². The minimum Gasteiger partial charge on any atom is -1.00 e. The molecule has 7 nitrogen and oxygen atoms in total. The molecule has 0 aromatic carbocycles. The first-order chi connectivity index (χ1) is 16.9. The van der Waals surface area contributed by atoms with E-state index in [1.165, 1.54) is 89.9 Å². The normalized spacial score (nSPS) is 12.5. The van der Waals surface area contributed by atoms with Gasteiger partial charge in [0.15, 0.2) is 0 Å². The number of primary amides is 1. The van der Waals surface area contributed by atoms with Crippen molar-refractivity contribution in [1.29, 1.82) is 0 Å². The summed E-state index contributed by atoms with van der Waals surface area (Å²) in [5.74, 6) is 0.191. The molecule has 218 valence electrons. The number of halogens is 1. The number of hydrogen-bond acceptors (Lipinski definition) is 4. The largest absolute Gasteiger partial charge is 1.00 e. The van der Waals surface area contributed by atoms with E-state index in [9.17, 15) is 9.59 Å². The van der Waals surface area contributed by atoms with E-state index in [-0.39, 0.29) is 18.3 Å². The van der Waals surface area contributed by atoms with Crippen molar-refractivity contribution in [3.05, 3.63) is 0 Å². The number of hydroxylamine groups is 2. The van der Waals surface area contributed by atoms with Crippen LogP contribution in [0, 0.1) is 0 Å². The van der Waals surface area contributed by atoms with Crippen LogP contribution < -0.4 is 23.4 Å². The summed E-state index contributed by atoms with van der Waals surface area (Å²) < 4.78 is 0. The first-order valence-electron chi connectivity index (χ1n) is 14.4. The van der Waals surface area contributed by atoms with Crippen LogP contribution >= 0.6 is 0 Å². The maximum atomic E-state index is 10.9. The van der Waals surface area contributed by atoms with Crippen molar-refractivity contribution in [2.24, 2.45) is 5.73 Å². The van der Waals surface area contributed by atoms with Gasteiger partial charge in [-0.05, 0) is 19.3 Å². The van der Waals surface area contributed by atoms with Crippen molar-refractivity contribution in [3.63, 3.8) is 0 Å². The van der Waals surface area contributed by atoms with Gasteiger partial charge in [0.2, 0.25) is 11.8 Å². The van der Waals surface area contributed by atoms with Gasteiger partial charge in [-0.2, -0.15) is 9.68 Å². The van der Waals surface area contributed by atoms with Gasteiger partial charge < -0.3 is 23.0 Å². The molecule has 1 heterocycles. The molecule has 1 fully saturated rings. The van der Waals surface area contributed by atoms with Crippen LogP contribution in [0.5, 0.6) is 0 Å². The molecule has 0 atom stereocenters. The smallest absolute Gasteiger partial charge is 0.222 e. The van der Waals surface area contributed by atoms with E-state index in [2.05, 4.69) is 23.5 Å². The molecular weight excluding hydrogens is 478 g/mol. The van der Waals surface area contributed by atoms with Crippen LogP contribution in [0.1, 0.15) is 136 Å². The molecule has 3 N–H and O–H groups in total. The second kappa shape index (κ2) is 32.1. The molecule has 0 bridgehead atoms. The fraction of sp³-hybridized carbons (Fsp3) is 0.929. The van der Waals surface area contributed by atoms with Gasteiger partial charge in [-0.25, -0.2) is 0 Å². The molecule has 36 heavy (non-hydrogen) atoms. The lowest BCUT2D eigenvalue weighted by molar-refractivity contribution is -1.22. The van der Waals surface area contributed by atoms with Gasteiger partial charge in [-0.3, -0.25) is 9.59 Å². The van der Waals surface area contributed by atoms with Gasteiger partial charge in [0.1, 0.15) is 7.05 Å². The Balaban J connectivity index is -0.000000557. The van der Waals surface area contributed by atoms with Crippen LogP contribution in [0.3, 0.4) is 0 Å².